The molecule has 0 spiro atoms. The Balaban J connectivity index is 2.28. The van der Waals surface area contributed by atoms with Gasteiger partial charge < -0.3 is 4.74 Å². The first-order chi connectivity index (χ1) is 9.13. The highest BCUT2D eigenvalue weighted by Crippen LogP contribution is 2.29. The van der Waals surface area contributed by atoms with Crippen molar-refractivity contribution in [2.45, 2.75) is 32.9 Å². The van der Waals surface area contributed by atoms with Gasteiger partial charge in [-0.25, -0.2) is 9.86 Å². The maximum absolute atomic E-state index is 12.1. The number of para-hydroxylation sites is 1. The Morgan fingerprint density at radius 3 is 2.79 bits per heavy atom. The Hall–Kier alpha value is -1.81. The molecule has 0 bridgehead atoms. The molecule has 1 heterocycles. The minimum Gasteiger partial charge on any atom is -0.461 e. The number of benzene rings is 1. The summed E-state index contributed by atoms with van der Waals surface area (Å²) in [5.41, 5.74) is 1.92. The van der Waals surface area contributed by atoms with Gasteiger partial charge in [-0.15, -0.1) is 0 Å². The van der Waals surface area contributed by atoms with E-state index in [2.05, 4.69) is 0 Å². The summed E-state index contributed by atoms with van der Waals surface area (Å²) < 4.78 is 5.27. The van der Waals surface area contributed by atoms with Crippen molar-refractivity contribution in [3.05, 3.63) is 35.9 Å². The molecule has 1 aromatic rings. The number of carbonyl (C=O) groups excluding carboxylic acids is 1. The van der Waals surface area contributed by atoms with Crippen LogP contribution in [-0.4, -0.2) is 24.7 Å². The number of rotatable bonds is 4. The van der Waals surface area contributed by atoms with Crippen LogP contribution in [0.3, 0.4) is 0 Å². The van der Waals surface area contributed by atoms with Crippen molar-refractivity contribution in [3.63, 3.8) is 0 Å². The maximum Gasteiger partial charge on any atom is 0.335 e. The molecule has 0 N–H and O–H groups in total. The van der Waals surface area contributed by atoms with Crippen LogP contribution in [0.1, 0.15) is 26.3 Å². The molecule has 4 nitrogen and oxygen atoms in total. The minimum absolute atomic E-state index is 0.137. The van der Waals surface area contributed by atoms with Gasteiger partial charge in [0, 0.05) is 0 Å². The molecule has 0 radical (unpaired) electrons. The van der Waals surface area contributed by atoms with Gasteiger partial charge in [0.15, 0.2) is 6.04 Å². The Bertz CT molecular complexity index is 482. The SMILES string of the molecule is CCON1c2ccccc2C=CC1C(=O)OC(C)C. The molecule has 0 aliphatic carbocycles. The van der Waals surface area contributed by atoms with Crippen LogP contribution in [0.2, 0.25) is 0 Å². The van der Waals surface area contributed by atoms with E-state index in [1.807, 2.05) is 57.2 Å². The number of anilines is 1. The lowest BCUT2D eigenvalue weighted by molar-refractivity contribution is -0.149. The number of ether oxygens (including phenoxy) is 1. The standard InChI is InChI=1S/C15H19NO3/c1-4-18-16-13-8-6-5-7-12(13)9-10-14(16)15(17)19-11(2)3/h5-11,14H,4H2,1-3H3. The second kappa shape index (κ2) is 5.89. The van der Waals surface area contributed by atoms with Gasteiger partial charge in [0.1, 0.15) is 0 Å². The van der Waals surface area contributed by atoms with Gasteiger partial charge in [-0.05, 0) is 38.5 Å². The van der Waals surface area contributed by atoms with E-state index in [4.69, 9.17) is 9.57 Å². The summed E-state index contributed by atoms with van der Waals surface area (Å²) in [7, 11) is 0. The van der Waals surface area contributed by atoms with Crippen LogP contribution in [0.5, 0.6) is 0 Å². The first-order valence-electron chi connectivity index (χ1n) is 6.53. The first kappa shape index (κ1) is 13.6. The van der Waals surface area contributed by atoms with Gasteiger partial charge >= 0.3 is 5.97 Å². The smallest absolute Gasteiger partial charge is 0.335 e. The molecule has 102 valence electrons. The van der Waals surface area contributed by atoms with Crippen molar-refractivity contribution < 1.29 is 14.4 Å². The van der Waals surface area contributed by atoms with E-state index in [1.165, 1.54) is 0 Å². The molecule has 1 unspecified atom stereocenters. The van der Waals surface area contributed by atoms with E-state index in [-0.39, 0.29) is 12.1 Å². The lowest BCUT2D eigenvalue weighted by Gasteiger charge is -2.32. The highest BCUT2D eigenvalue weighted by atomic mass is 16.7. The normalized spacial score (nSPS) is 17.5. The summed E-state index contributed by atoms with van der Waals surface area (Å²) in [5.74, 6) is -0.297. The Labute approximate surface area is 113 Å². The number of carbonyl (C=O) groups is 1. The Morgan fingerprint density at radius 2 is 2.11 bits per heavy atom. The number of esters is 1. The molecule has 1 aromatic carbocycles. The lowest BCUT2D eigenvalue weighted by Crippen LogP contribution is -2.43. The van der Waals surface area contributed by atoms with Crippen molar-refractivity contribution >= 4 is 17.7 Å². The van der Waals surface area contributed by atoms with Crippen LogP contribution < -0.4 is 5.06 Å². The lowest BCUT2D eigenvalue weighted by atomic mass is 10.1. The van der Waals surface area contributed by atoms with Crippen molar-refractivity contribution in [2.75, 3.05) is 11.7 Å². The average Bonchev–Trinajstić information content (AvgIpc) is 2.38. The third-order valence-corrected chi connectivity index (χ3v) is 2.75. The van der Waals surface area contributed by atoms with Crippen LogP contribution in [0.25, 0.3) is 6.08 Å². The largest absolute Gasteiger partial charge is 0.461 e. The molecular weight excluding hydrogens is 242 g/mol. The van der Waals surface area contributed by atoms with E-state index in [1.54, 1.807) is 5.06 Å². The van der Waals surface area contributed by atoms with Crippen molar-refractivity contribution in [3.8, 4) is 0 Å². The summed E-state index contributed by atoms with van der Waals surface area (Å²) in [6.07, 6.45) is 3.60. The molecule has 1 atom stereocenters. The third-order valence-electron chi connectivity index (χ3n) is 2.75. The molecule has 0 saturated heterocycles. The molecule has 1 aliphatic heterocycles. The predicted molar refractivity (Wildman–Crippen MR) is 74.6 cm³/mol. The Morgan fingerprint density at radius 1 is 1.37 bits per heavy atom. The van der Waals surface area contributed by atoms with E-state index >= 15 is 0 Å². The van der Waals surface area contributed by atoms with Gasteiger partial charge in [0.2, 0.25) is 0 Å². The van der Waals surface area contributed by atoms with Crippen LogP contribution in [0.15, 0.2) is 30.3 Å². The maximum atomic E-state index is 12.1. The zero-order valence-corrected chi connectivity index (χ0v) is 11.5. The second-order valence-corrected chi connectivity index (χ2v) is 4.59. The average molecular weight is 261 g/mol. The quantitative estimate of drug-likeness (QED) is 0.781. The molecule has 0 amide bonds. The molecule has 19 heavy (non-hydrogen) atoms. The van der Waals surface area contributed by atoms with E-state index in [0.29, 0.717) is 6.61 Å². The van der Waals surface area contributed by atoms with E-state index in [9.17, 15) is 4.79 Å². The fourth-order valence-corrected chi connectivity index (χ4v) is 2.02. The summed E-state index contributed by atoms with van der Waals surface area (Å²) >= 11 is 0. The zero-order chi connectivity index (χ0) is 13.8. The van der Waals surface area contributed by atoms with Gasteiger partial charge in [-0.1, -0.05) is 24.3 Å². The first-order valence-corrected chi connectivity index (χ1v) is 6.53. The molecule has 4 heteroatoms. The topological polar surface area (TPSA) is 38.8 Å². The fourth-order valence-electron chi connectivity index (χ4n) is 2.02. The molecule has 1 aliphatic rings. The van der Waals surface area contributed by atoms with Gasteiger partial charge in [-0.2, -0.15) is 0 Å². The predicted octanol–water partition coefficient (Wildman–Crippen LogP) is 2.79. The van der Waals surface area contributed by atoms with Crippen LogP contribution in [-0.2, 0) is 14.4 Å². The molecular formula is C15H19NO3. The van der Waals surface area contributed by atoms with Gasteiger partial charge in [0.05, 0.1) is 18.4 Å². The molecule has 0 fully saturated rings. The summed E-state index contributed by atoms with van der Waals surface area (Å²) in [6.45, 7) is 6.06. The number of hydrogen-bond donors (Lipinski definition) is 0. The van der Waals surface area contributed by atoms with Crippen LogP contribution in [0, 0.1) is 0 Å². The van der Waals surface area contributed by atoms with Crippen molar-refractivity contribution in [2.24, 2.45) is 0 Å². The van der Waals surface area contributed by atoms with Gasteiger partial charge in [0.25, 0.3) is 0 Å². The van der Waals surface area contributed by atoms with E-state index < -0.39 is 6.04 Å². The highest BCUT2D eigenvalue weighted by Gasteiger charge is 2.30. The fraction of sp³-hybridized carbons (Fsp3) is 0.400. The summed E-state index contributed by atoms with van der Waals surface area (Å²) in [6, 6.07) is 7.28. The summed E-state index contributed by atoms with van der Waals surface area (Å²) in [5, 5.41) is 1.63. The number of hydrogen-bond acceptors (Lipinski definition) is 4. The van der Waals surface area contributed by atoms with E-state index in [0.717, 1.165) is 11.3 Å². The van der Waals surface area contributed by atoms with Crippen LogP contribution in [0.4, 0.5) is 5.69 Å². The number of fused-ring (bicyclic) bond motifs is 1. The van der Waals surface area contributed by atoms with Crippen molar-refractivity contribution in [1.29, 1.82) is 0 Å². The monoisotopic (exact) mass is 261 g/mol. The highest BCUT2D eigenvalue weighted by molar-refractivity contribution is 5.87. The Kier molecular flexibility index (Phi) is 4.22. The van der Waals surface area contributed by atoms with Crippen molar-refractivity contribution in [1.82, 2.24) is 0 Å². The summed E-state index contributed by atoms with van der Waals surface area (Å²) in [4.78, 5) is 17.7. The third kappa shape index (κ3) is 2.96. The number of hydroxylamine groups is 1. The molecule has 2 rings (SSSR count). The molecule has 0 aromatic heterocycles. The van der Waals surface area contributed by atoms with Crippen LogP contribution >= 0.6 is 0 Å². The second-order valence-electron chi connectivity index (χ2n) is 4.59. The van der Waals surface area contributed by atoms with Gasteiger partial charge in [-0.3, -0.25) is 4.84 Å². The number of nitrogens with zero attached hydrogens (tertiary/aromatic N) is 1. The zero-order valence-electron chi connectivity index (χ0n) is 11.5. The minimum atomic E-state index is -0.530. The molecule has 0 saturated carbocycles.